The normalized spacial score (nSPS) is 11.5. The quantitative estimate of drug-likeness (QED) is 0.310. The van der Waals surface area contributed by atoms with Crippen molar-refractivity contribution >= 4 is 38.6 Å². The van der Waals surface area contributed by atoms with Crippen LogP contribution >= 0.6 is 23.1 Å². The Bertz CT molecular complexity index is 1320. The van der Waals surface area contributed by atoms with E-state index in [1.165, 1.54) is 23.5 Å². The number of nitro benzene ring substituents is 1. The molecular weight excluding hydrogens is 444 g/mol. The second-order valence-electron chi connectivity index (χ2n) is 6.22. The average molecular weight is 459 g/mol. The van der Waals surface area contributed by atoms with Crippen molar-refractivity contribution < 1.29 is 13.3 Å². The highest BCUT2D eigenvalue weighted by atomic mass is 32.2. The molecule has 0 saturated heterocycles. The third-order valence-corrected chi connectivity index (χ3v) is 7.13. The van der Waals surface area contributed by atoms with E-state index in [1.807, 2.05) is 52.4 Å². The zero-order chi connectivity index (χ0) is 21.3. The van der Waals surface area contributed by atoms with Crippen LogP contribution in [0.5, 0.6) is 0 Å². The van der Waals surface area contributed by atoms with Crippen LogP contribution in [0.15, 0.2) is 81.0 Å². The van der Waals surface area contributed by atoms with E-state index >= 15 is 0 Å². The van der Waals surface area contributed by atoms with Gasteiger partial charge in [0, 0.05) is 18.0 Å². The van der Waals surface area contributed by atoms with E-state index in [0.717, 1.165) is 34.6 Å². The Balaban J connectivity index is 1.84. The number of nitrogens with zero attached hydrogens (tertiary/aromatic N) is 4. The van der Waals surface area contributed by atoms with Crippen LogP contribution in [0.3, 0.4) is 0 Å². The fourth-order valence-corrected chi connectivity index (χ4v) is 5.04. The summed E-state index contributed by atoms with van der Waals surface area (Å²) in [5, 5.41) is 22.5. The molecule has 0 saturated carbocycles. The molecule has 0 radical (unpaired) electrons. The highest BCUT2D eigenvalue weighted by Crippen LogP contribution is 2.38. The van der Waals surface area contributed by atoms with Crippen molar-refractivity contribution in [1.82, 2.24) is 14.8 Å². The third kappa shape index (κ3) is 3.99. The van der Waals surface area contributed by atoms with Crippen LogP contribution in [0, 0.1) is 10.1 Å². The molecule has 0 aliphatic rings. The predicted molar refractivity (Wildman–Crippen MR) is 115 cm³/mol. The maximum Gasteiger partial charge on any atom is 0.284 e. The van der Waals surface area contributed by atoms with E-state index < -0.39 is 14.8 Å². The SMILES string of the molecule is CS(=O)(=O)c1ccc(Sc2nnc(-c3cccs3)n2-c2ccccc2)c([N+](=O)[O-])c1. The summed E-state index contributed by atoms with van der Waals surface area (Å²) >= 11 is 2.57. The number of sulfone groups is 1. The lowest BCUT2D eigenvalue weighted by Gasteiger charge is -2.10. The fraction of sp³-hybridized carbons (Fsp3) is 0.0526. The van der Waals surface area contributed by atoms with E-state index in [0.29, 0.717) is 11.0 Å². The number of para-hydroxylation sites is 1. The van der Waals surface area contributed by atoms with Gasteiger partial charge in [0.05, 0.1) is 19.6 Å². The van der Waals surface area contributed by atoms with Crippen LogP contribution in [0.4, 0.5) is 5.69 Å². The van der Waals surface area contributed by atoms with Gasteiger partial charge in [-0.25, -0.2) is 8.42 Å². The van der Waals surface area contributed by atoms with Gasteiger partial charge in [0.15, 0.2) is 15.7 Å². The summed E-state index contributed by atoms with van der Waals surface area (Å²) in [4.78, 5) is 12.1. The molecule has 8 nitrogen and oxygen atoms in total. The summed E-state index contributed by atoms with van der Waals surface area (Å²) in [5.74, 6) is 0.620. The Hall–Kier alpha value is -3.02. The molecule has 2 aromatic carbocycles. The first kappa shape index (κ1) is 20.3. The first-order chi connectivity index (χ1) is 14.3. The monoisotopic (exact) mass is 458 g/mol. The second-order valence-corrected chi connectivity index (χ2v) is 10.2. The number of hydrogen-bond donors (Lipinski definition) is 0. The second kappa shape index (κ2) is 8.01. The Labute approximate surface area is 180 Å². The van der Waals surface area contributed by atoms with Gasteiger partial charge in [0.25, 0.3) is 5.69 Å². The minimum Gasteiger partial charge on any atom is -0.269 e. The largest absolute Gasteiger partial charge is 0.284 e. The minimum atomic E-state index is -3.57. The lowest BCUT2D eigenvalue weighted by Crippen LogP contribution is -2.01. The molecule has 4 aromatic rings. The molecule has 0 aliphatic heterocycles. The lowest BCUT2D eigenvalue weighted by molar-refractivity contribution is -0.388. The molecule has 0 unspecified atom stereocenters. The van der Waals surface area contributed by atoms with Gasteiger partial charge in [0.1, 0.15) is 0 Å². The number of benzene rings is 2. The van der Waals surface area contributed by atoms with Crippen molar-refractivity contribution in [1.29, 1.82) is 0 Å². The molecule has 0 N–H and O–H groups in total. The molecule has 152 valence electrons. The molecule has 2 aromatic heterocycles. The summed E-state index contributed by atoms with van der Waals surface area (Å²) in [6, 6.07) is 17.1. The number of rotatable bonds is 6. The predicted octanol–water partition coefficient (Wildman–Crippen LogP) is 4.46. The van der Waals surface area contributed by atoms with Crippen molar-refractivity contribution in [2.45, 2.75) is 14.9 Å². The first-order valence-electron chi connectivity index (χ1n) is 8.55. The molecule has 2 heterocycles. The van der Waals surface area contributed by atoms with Crippen molar-refractivity contribution in [3.63, 3.8) is 0 Å². The fourth-order valence-electron chi connectivity index (χ4n) is 2.77. The van der Waals surface area contributed by atoms with Crippen LogP contribution < -0.4 is 0 Å². The standard InChI is InChI=1S/C19H14N4O4S3/c1-30(26,27)14-9-10-16(15(12-14)23(24)25)29-19-21-20-18(17-8-5-11-28-17)22(19)13-6-3-2-4-7-13/h2-12H,1H3. The molecule has 0 atom stereocenters. The summed E-state index contributed by atoms with van der Waals surface area (Å²) in [6.07, 6.45) is 1.01. The molecule has 30 heavy (non-hydrogen) atoms. The van der Waals surface area contributed by atoms with Gasteiger partial charge in [0.2, 0.25) is 5.16 Å². The van der Waals surface area contributed by atoms with Crippen molar-refractivity contribution in [3.05, 3.63) is 76.2 Å². The number of aromatic nitrogens is 3. The zero-order valence-corrected chi connectivity index (χ0v) is 17.9. The highest BCUT2D eigenvalue weighted by molar-refractivity contribution is 7.99. The molecule has 11 heteroatoms. The van der Waals surface area contributed by atoms with Gasteiger partial charge >= 0.3 is 0 Å². The van der Waals surface area contributed by atoms with Crippen molar-refractivity contribution in [2.75, 3.05) is 6.26 Å². The average Bonchev–Trinajstić information content (AvgIpc) is 3.37. The molecule has 4 rings (SSSR count). The summed E-state index contributed by atoms with van der Waals surface area (Å²) < 4.78 is 25.4. The van der Waals surface area contributed by atoms with Crippen LogP contribution in [0.2, 0.25) is 0 Å². The summed E-state index contributed by atoms with van der Waals surface area (Å²) in [7, 11) is -3.57. The van der Waals surface area contributed by atoms with Crippen LogP contribution in [-0.4, -0.2) is 34.4 Å². The Morgan fingerprint density at radius 3 is 2.47 bits per heavy atom. The molecule has 0 bridgehead atoms. The maximum atomic E-state index is 11.8. The Morgan fingerprint density at radius 1 is 1.07 bits per heavy atom. The van der Waals surface area contributed by atoms with Crippen molar-refractivity contribution in [3.8, 4) is 16.4 Å². The molecule has 0 spiro atoms. The van der Waals surface area contributed by atoms with Crippen molar-refractivity contribution in [2.24, 2.45) is 0 Å². The summed E-state index contributed by atoms with van der Waals surface area (Å²) in [5.41, 5.74) is 0.506. The van der Waals surface area contributed by atoms with Gasteiger partial charge in [-0.15, -0.1) is 21.5 Å². The van der Waals surface area contributed by atoms with Gasteiger partial charge in [-0.3, -0.25) is 14.7 Å². The topological polar surface area (TPSA) is 108 Å². The smallest absolute Gasteiger partial charge is 0.269 e. The highest BCUT2D eigenvalue weighted by Gasteiger charge is 2.23. The van der Waals surface area contributed by atoms with Gasteiger partial charge < -0.3 is 0 Å². The molecular formula is C19H14N4O4S3. The Morgan fingerprint density at radius 2 is 1.83 bits per heavy atom. The lowest BCUT2D eigenvalue weighted by atomic mass is 10.3. The van der Waals surface area contributed by atoms with Gasteiger partial charge in [-0.1, -0.05) is 24.3 Å². The number of hydrogen-bond acceptors (Lipinski definition) is 8. The zero-order valence-electron chi connectivity index (χ0n) is 15.5. The van der Waals surface area contributed by atoms with E-state index in [4.69, 9.17) is 0 Å². The van der Waals surface area contributed by atoms with Gasteiger partial charge in [-0.05, 0) is 47.5 Å². The molecule has 0 fully saturated rings. The van der Waals surface area contributed by atoms with Crippen LogP contribution in [-0.2, 0) is 9.84 Å². The molecule has 0 amide bonds. The van der Waals surface area contributed by atoms with Crippen LogP contribution in [0.1, 0.15) is 0 Å². The first-order valence-corrected chi connectivity index (χ1v) is 12.1. The van der Waals surface area contributed by atoms with E-state index in [2.05, 4.69) is 10.2 Å². The van der Waals surface area contributed by atoms with Gasteiger partial charge in [-0.2, -0.15) is 0 Å². The van der Waals surface area contributed by atoms with E-state index in [9.17, 15) is 18.5 Å². The maximum absolute atomic E-state index is 11.8. The number of thiophene rings is 1. The number of nitro groups is 1. The van der Waals surface area contributed by atoms with E-state index in [-0.39, 0.29) is 15.5 Å². The Kier molecular flexibility index (Phi) is 5.41. The minimum absolute atomic E-state index is 0.109. The molecule has 0 aliphatic carbocycles. The van der Waals surface area contributed by atoms with E-state index in [1.54, 1.807) is 0 Å². The van der Waals surface area contributed by atoms with Crippen LogP contribution in [0.25, 0.3) is 16.4 Å². The summed E-state index contributed by atoms with van der Waals surface area (Å²) in [6.45, 7) is 0. The third-order valence-electron chi connectivity index (χ3n) is 4.15.